The lowest BCUT2D eigenvalue weighted by atomic mass is 10.1. The van der Waals surface area contributed by atoms with Gasteiger partial charge in [-0.3, -0.25) is 24.1 Å². The largest absolute Gasteiger partial charge is 0.479 e. The summed E-state index contributed by atoms with van der Waals surface area (Å²) in [4.78, 5) is 71.4. The summed E-state index contributed by atoms with van der Waals surface area (Å²) in [5, 5.41) is 23.8. The molecule has 2 heterocycles. The molecule has 1 aromatic rings. The Balaban J connectivity index is 1.47. The first-order valence-corrected chi connectivity index (χ1v) is 13.8. The normalized spacial score (nSPS) is 19.9. The van der Waals surface area contributed by atoms with E-state index in [0.717, 1.165) is 4.90 Å². The zero-order valence-corrected chi connectivity index (χ0v) is 23.5. The number of rotatable bonds is 15. The van der Waals surface area contributed by atoms with E-state index < -0.39 is 35.7 Å². The zero-order chi connectivity index (χ0) is 30.6. The fourth-order valence-corrected chi connectivity index (χ4v) is 4.31. The van der Waals surface area contributed by atoms with Crippen LogP contribution in [-0.2, 0) is 40.1 Å². The molecule has 42 heavy (non-hydrogen) atoms. The van der Waals surface area contributed by atoms with Crippen LogP contribution in [0.5, 0.6) is 5.75 Å². The van der Waals surface area contributed by atoms with Crippen LogP contribution in [-0.4, -0.2) is 81.6 Å². The molecule has 0 radical (unpaired) electrons. The molecule has 0 aliphatic carbocycles. The first kappa shape index (κ1) is 32.6. The third-order valence-electron chi connectivity index (χ3n) is 6.34. The van der Waals surface area contributed by atoms with E-state index in [9.17, 15) is 39.0 Å². The van der Waals surface area contributed by atoms with E-state index in [1.807, 2.05) is 0 Å². The van der Waals surface area contributed by atoms with Crippen LogP contribution >= 0.6 is 12.6 Å². The number of carboxylic acid groups (broad SMARTS) is 1. The van der Waals surface area contributed by atoms with E-state index in [-0.39, 0.29) is 68.0 Å². The fourth-order valence-electron chi connectivity index (χ4n) is 4.25. The van der Waals surface area contributed by atoms with Gasteiger partial charge >= 0.3 is 11.3 Å². The van der Waals surface area contributed by atoms with E-state index in [4.69, 9.17) is 14.2 Å². The van der Waals surface area contributed by atoms with Crippen molar-refractivity contribution in [2.75, 3.05) is 18.4 Å². The number of hydrogen-bond acceptors (Lipinski definition) is 10. The summed E-state index contributed by atoms with van der Waals surface area (Å²) < 4.78 is 16.1. The number of aliphatic carboxylic acids is 1. The number of nitrogens with one attached hydrogen (secondary N) is 2. The maximum Gasteiger partial charge on any atom is 0.364 e. The number of carbonyl (C=O) groups is 6. The molecule has 2 aliphatic rings. The zero-order valence-electron chi connectivity index (χ0n) is 22.7. The van der Waals surface area contributed by atoms with E-state index in [1.165, 1.54) is 24.3 Å². The molecule has 4 N–H and O–H groups in total. The SMILES string of the molecule is O=C(CCCCCN1C(=O)C=CC1=O)NCCC(=O)Nc1cc(COC(=O)S)ccc1OC1CC(O)CC(C(=O)O)O1. The monoisotopic (exact) mass is 607 g/mol. The van der Waals surface area contributed by atoms with Crippen LogP contribution in [0.2, 0.25) is 0 Å². The topological polar surface area (TPSA) is 198 Å². The lowest BCUT2D eigenvalue weighted by Gasteiger charge is -2.31. The van der Waals surface area contributed by atoms with Gasteiger partial charge in [-0.2, -0.15) is 0 Å². The summed E-state index contributed by atoms with van der Waals surface area (Å²) in [6, 6.07) is 4.54. The Bertz CT molecular complexity index is 1200. The number of aliphatic hydroxyl groups excluding tert-OH is 1. The Labute approximate surface area is 246 Å². The number of aliphatic hydroxyl groups is 1. The number of nitrogens with zero attached hydrogens (tertiary/aromatic N) is 1. The highest BCUT2D eigenvalue weighted by Gasteiger charge is 2.34. The molecule has 1 saturated heterocycles. The van der Waals surface area contributed by atoms with Crippen LogP contribution in [0.1, 0.15) is 50.5 Å². The molecule has 0 spiro atoms. The highest BCUT2D eigenvalue weighted by atomic mass is 32.1. The maximum absolute atomic E-state index is 12.7. The number of carbonyl (C=O) groups excluding carboxylic acids is 5. The van der Waals surface area contributed by atoms with Gasteiger partial charge in [0.15, 0.2) is 6.10 Å². The van der Waals surface area contributed by atoms with Crippen molar-refractivity contribution in [3.05, 3.63) is 35.9 Å². The average molecular weight is 608 g/mol. The number of anilines is 1. The molecule has 3 unspecified atom stereocenters. The number of carboxylic acids is 1. The second-order valence-electron chi connectivity index (χ2n) is 9.64. The molecule has 0 saturated carbocycles. The molecule has 0 bridgehead atoms. The van der Waals surface area contributed by atoms with Gasteiger partial charge in [-0.25, -0.2) is 9.59 Å². The Morgan fingerprint density at radius 1 is 1.02 bits per heavy atom. The van der Waals surface area contributed by atoms with Gasteiger partial charge in [-0.15, -0.1) is 0 Å². The quantitative estimate of drug-likeness (QED) is 0.0838. The van der Waals surface area contributed by atoms with Gasteiger partial charge < -0.3 is 35.1 Å². The van der Waals surface area contributed by atoms with Crippen LogP contribution in [0, 0.1) is 0 Å². The molecular weight excluding hydrogens is 574 g/mol. The minimum atomic E-state index is -1.26. The molecule has 2 aliphatic heterocycles. The van der Waals surface area contributed by atoms with Crippen LogP contribution in [0.15, 0.2) is 30.4 Å². The van der Waals surface area contributed by atoms with Crippen LogP contribution in [0.25, 0.3) is 0 Å². The summed E-state index contributed by atoms with van der Waals surface area (Å²) in [5.74, 6) is -2.51. The first-order valence-electron chi connectivity index (χ1n) is 13.3. The van der Waals surface area contributed by atoms with E-state index in [0.29, 0.717) is 31.4 Å². The molecule has 15 heteroatoms. The molecule has 14 nitrogen and oxygen atoms in total. The van der Waals surface area contributed by atoms with Crippen molar-refractivity contribution in [1.29, 1.82) is 0 Å². The molecular formula is C27H33N3O11S. The van der Waals surface area contributed by atoms with Gasteiger partial charge in [0.2, 0.25) is 18.1 Å². The van der Waals surface area contributed by atoms with Crippen LogP contribution in [0.3, 0.4) is 0 Å². The predicted octanol–water partition coefficient (Wildman–Crippen LogP) is 1.51. The number of hydrogen-bond donors (Lipinski definition) is 5. The summed E-state index contributed by atoms with van der Waals surface area (Å²) >= 11 is 3.56. The van der Waals surface area contributed by atoms with Crippen molar-refractivity contribution in [1.82, 2.24) is 10.2 Å². The second kappa shape index (κ2) is 15.9. The molecule has 228 valence electrons. The van der Waals surface area contributed by atoms with Gasteiger partial charge in [0.1, 0.15) is 12.4 Å². The minimum Gasteiger partial charge on any atom is -0.479 e. The van der Waals surface area contributed by atoms with Gasteiger partial charge in [-0.1, -0.05) is 25.1 Å². The maximum atomic E-state index is 12.7. The molecule has 4 amide bonds. The van der Waals surface area contributed by atoms with Gasteiger partial charge in [0.05, 0.1) is 11.8 Å². The smallest absolute Gasteiger partial charge is 0.364 e. The minimum absolute atomic E-state index is 0.00786. The van der Waals surface area contributed by atoms with Crippen molar-refractivity contribution >= 4 is 53.2 Å². The van der Waals surface area contributed by atoms with Gasteiger partial charge in [0, 0.05) is 50.9 Å². The third-order valence-corrected chi connectivity index (χ3v) is 6.47. The van der Waals surface area contributed by atoms with Crippen molar-refractivity contribution in [2.45, 2.75) is 70.1 Å². The highest BCUT2D eigenvalue weighted by molar-refractivity contribution is 7.96. The second-order valence-corrected chi connectivity index (χ2v) is 10.0. The average Bonchev–Trinajstić information content (AvgIpc) is 3.24. The molecule has 3 atom stereocenters. The molecule has 1 aromatic carbocycles. The number of benzene rings is 1. The van der Waals surface area contributed by atoms with Gasteiger partial charge in [0.25, 0.3) is 11.8 Å². The predicted molar refractivity (Wildman–Crippen MR) is 148 cm³/mol. The molecule has 0 aromatic heterocycles. The molecule has 3 rings (SSSR count). The third kappa shape index (κ3) is 10.5. The van der Waals surface area contributed by atoms with Crippen LogP contribution in [0.4, 0.5) is 10.5 Å². The lowest BCUT2D eigenvalue weighted by molar-refractivity contribution is -0.195. The Hall–Kier alpha value is -3.95. The van der Waals surface area contributed by atoms with Crippen molar-refractivity contribution in [3.63, 3.8) is 0 Å². The highest BCUT2D eigenvalue weighted by Crippen LogP contribution is 2.31. The Morgan fingerprint density at radius 3 is 2.45 bits per heavy atom. The molecule has 1 fully saturated rings. The number of thiol groups is 1. The summed E-state index contributed by atoms with van der Waals surface area (Å²) in [5.41, 5.74) is 0.677. The van der Waals surface area contributed by atoms with E-state index in [2.05, 4.69) is 23.3 Å². The fraction of sp³-hybridized carbons (Fsp3) is 0.481. The standard InChI is InChI=1S/C27H33N3O11S/c31-17-13-20(26(36)37)41-25(14-17)40-19-6-5-16(15-39-27(38)42)12-18(19)29-22(33)9-10-28-21(32)4-2-1-3-11-30-23(34)7-8-24(30)35/h5-8,12,17,20,25,31H,1-4,9-11,13-15H2,(H,28,32)(H,29,33)(H,36,37)(H,38,42). The summed E-state index contributed by atoms with van der Waals surface area (Å²) in [6.07, 6.45) is 0.962. The number of imide groups is 1. The summed E-state index contributed by atoms with van der Waals surface area (Å²) in [6.45, 7) is 0.214. The number of unbranched alkanes of at least 4 members (excludes halogenated alkanes) is 2. The number of ether oxygens (including phenoxy) is 3. The van der Waals surface area contributed by atoms with Crippen molar-refractivity contribution in [3.8, 4) is 5.75 Å². The number of amides is 4. The lowest BCUT2D eigenvalue weighted by Crippen LogP contribution is -2.42. The van der Waals surface area contributed by atoms with E-state index >= 15 is 0 Å². The Kier molecular flexibility index (Phi) is 12.3. The first-order chi connectivity index (χ1) is 20.0. The van der Waals surface area contributed by atoms with Crippen molar-refractivity contribution in [2.24, 2.45) is 0 Å². The van der Waals surface area contributed by atoms with Crippen LogP contribution < -0.4 is 15.4 Å². The van der Waals surface area contributed by atoms with Crippen molar-refractivity contribution < 1.29 is 53.2 Å². The van der Waals surface area contributed by atoms with Gasteiger partial charge in [-0.05, 0) is 30.5 Å². The summed E-state index contributed by atoms with van der Waals surface area (Å²) in [7, 11) is 0. The Morgan fingerprint density at radius 2 is 1.76 bits per heavy atom. The van der Waals surface area contributed by atoms with E-state index in [1.54, 1.807) is 6.07 Å².